The minimum atomic E-state index is -3.06. The molecule has 12 heteroatoms. The molecule has 5 atom stereocenters. The summed E-state index contributed by atoms with van der Waals surface area (Å²) in [6, 6.07) is 8.42. The minimum Gasteiger partial charge on any atom is -0.376 e. The molecule has 2 bridgehead atoms. The van der Waals surface area contributed by atoms with Crippen LogP contribution in [0.25, 0.3) is 10.8 Å². The van der Waals surface area contributed by atoms with Gasteiger partial charge in [-0.15, -0.1) is 0 Å². The molecule has 11 nitrogen and oxygen atoms in total. The van der Waals surface area contributed by atoms with Gasteiger partial charge >= 0.3 is 0 Å². The average Bonchev–Trinajstić information content (AvgIpc) is 3.65. The molecule has 0 saturated carbocycles. The van der Waals surface area contributed by atoms with Crippen LogP contribution in [0.4, 0.5) is 23.3 Å². The van der Waals surface area contributed by atoms with E-state index in [9.17, 15) is 13.2 Å². The molecule has 4 aliphatic heterocycles. The van der Waals surface area contributed by atoms with Crippen LogP contribution in [0, 0.1) is 5.92 Å². The third kappa shape index (κ3) is 5.38. The van der Waals surface area contributed by atoms with Crippen molar-refractivity contribution < 1.29 is 17.9 Å². The van der Waals surface area contributed by atoms with Crippen LogP contribution in [0.3, 0.4) is 0 Å². The lowest BCUT2D eigenvalue weighted by Crippen LogP contribution is -2.57. The van der Waals surface area contributed by atoms with Crippen LogP contribution < -0.4 is 15.1 Å². The molecule has 4 fully saturated rings. The second-order valence-electron chi connectivity index (χ2n) is 12.6. The molecular formula is C32H39N7O4S. The van der Waals surface area contributed by atoms with E-state index in [1.54, 1.807) is 6.20 Å². The zero-order valence-electron chi connectivity index (χ0n) is 25.2. The second-order valence-corrected chi connectivity index (χ2v) is 14.8. The van der Waals surface area contributed by atoms with Gasteiger partial charge in [0.1, 0.15) is 21.5 Å². The number of nitrogens with one attached hydrogen (secondary N) is 1. The largest absolute Gasteiger partial charge is 0.376 e. The molecule has 2 aromatic heterocycles. The molecule has 7 rings (SSSR count). The Kier molecular flexibility index (Phi) is 7.44. The van der Waals surface area contributed by atoms with Crippen molar-refractivity contribution in [3.05, 3.63) is 54.9 Å². The molecule has 6 heterocycles. The standard InChI is InChI=1S/C32H39N7O4S/c1-4-31(40)38-12-5-6-27(38)24-7-8-28(39-17-21(20(39)2)19-44(3,41)42)26-16-34-30(15-25(24)26)35-29-9-11-33-32(36-29)37-13-10-23-14-22(37)18-43-23/h4,7-9,11,15-16,20-23,27H,1,5-6,10,12-14,17-19H2,2-3H3,(H,33,34,35,36)/t20-,21-,22+,23-,27+/m1/s1. The summed E-state index contributed by atoms with van der Waals surface area (Å²) in [6.07, 6.45) is 10.5. The van der Waals surface area contributed by atoms with Crippen LogP contribution >= 0.6 is 0 Å². The maximum atomic E-state index is 12.8. The Hall–Kier alpha value is -3.77. The Morgan fingerprint density at radius 1 is 1.14 bits per heavy atom. The fourth-order valence-corrected chi connectivity index (χ4v) is 8.60. The van der Waals surface area contributed by atoms with Gasteiger partial charge in [-0.2, -0.15) is 4.98 Å². The number of nitrogens with zero attached hydrogens (tertiary/aromatic N) is 6. The Morgan fingerprint density at radius 3 is 2.80 bits per heavy atom. The molecule has 0 unspecified atom stereocenters. The fourth-order valence-electron chi connectivity index (χ4n) is 7.44. The maximum Gasteiger partial charge on any atom is 0.246 e. The Labute approximate surface area is 258 Å². The summed E-state index contributed by atoms with van der Waals surface area (Å²) in [6.45, 7) is 8.75. The topological polar surface area (TPSA) is 121 Å². The summed E-state index contributed by atoms with van der Waals surface area (Å²) in [4.78, 5) is 33.4. The first-order valence-electron chi connectivity index (χ1n) is 15.5. The normalized spacial score (nSPS) is 26.6. The van der Waals surface area contributed by atoms with Crippen molar-refractivity contribution >= 4 is 49.8 Å². The molecular weight excluding hydrogens is 578 g/mol. The van der Waals surface area contributed by atoms with E-state index < -0.39 is 9.84 Å². The number of carbonyl (C=O) groups is 1. The van der Waals surface area contributed by atoms with E-state index in [2.05, 4.69) is 45.7 Å². The van der Waals surface area contributed by atoms with Crippen LogP contribution in [-0.2, 0) is 19.4 Å². The van der Waals surface area contributed by atoms with Crippen LogP contribution in [0.5, 0.6) is 0 Å². The summed E-state index contributed by atoms with van der Waals surface area (Å²) >= 11 is 0. The van der Waals surface area contributed by atoms with Gasteiger partial charge in [0, 0.05) is 61.3 Å². The van der Waals surface area contributed by atoms with E-state index in [4.69, 9.17) is 14.7 Å². The first-order valence-corrected chi connectivity index (χ1v) is 17.5. The summed E-state index contributed by atoms with van der Waals surface area (Å²) in [5.41, 5.74) is 2.08. The summed E-state index contributed by atoms with van der Waals surface area (Å²) < 4.78 is 29.8. The van der Waals surface area contributed by atoms with Crippen LogP contribution in [-0.4, -0.2) is 90.6 Å². The summed E-state index contributed by atoms with van der Waals surface area (Å²) in [5.74, 6) is 2.19. The van der Waals surface area contributed by atoms with Crippen molar-refractivity contribution in [3.63, 3.8) is 0 Å². The number of rotatable bonds is 8. The zero-order valence-corrected chi connectivity index (χ0v) is 26.0. The molecule has 0 spiro atoms. The van der Waals surface area contributed by atoms with E-state index in [0.29, 0.717) is 49.4 Å². The van der Waals surface area contributed by atoms with E-state index >= 15 is 0 Å². The quantitative estimate of drug-likeness (QED) is 0.373. The number of amides is 1. The highest BCUT2D eigenvalue weighted by Gasteiger charge is 2.39. The number of hydrogen-bond donors (Lipinski definition) is 1. The smallest absolute Gasteiger partial charge is 0.246 e. The highest BCUT2D eigenvalue weighted by molar-refractivity contribution is 7.90. The fraction of sp³-hybridized carbons (Fsp3) is 0.500. The highest BCUT2D eigenvalue weighted by atomic mass is 32.2. The predicted molar refractivity (Wildman–Crippen MR) is 171 cm³/mol. The van der Waals surface area contributed by atoms with Crippen LogP contribution in [0.1, 0.15) is 44.2 Å². The molecule has 44 heavy (non-hydrogen) atoms. The number of anilines is 4. The van der Waals surface area contributed by atoms with Crippen molar-refractivity contribution in [2.75, 3.05) is 53.4 Å². The van der Waals surface area contributed by atoms with Gasteiger partial charge in [0.25, 0.3) is 0 Å². The molecule has 1 aromatic carbocycles. The van der Waals surface area contributed by atoms with Gasteiger partial charge in [-0.05, 0) is 67.8 Å². The number of ether oxygens (including phenoxy) is 1. The monoisotopic (exact) mass is 617 g/mol. The molecule has 232 valence electrons. The molecule has 3 aromatic rings. The average molecular weight is 618 g/mol. The maximum absolute atomic E-state index is 12.8. The number of pyridine rings is 1. The minimum absolute atomic E-state index is 0.0673. The summed E-state index contributed by atoms with van der Waals surface area (Å²) in [7, 11) is -3.06. The van der Waals surface area contributed by atoms with Crippen molar-refractivity contribution in [3.8, 4) is 0 Å². The number of hydrogen-bond acceptors (Lipinski definition) is 10. The van der Waals surface area contributed by atoms with Crippen molar-refractivity contribution in [2.45, 2.75) is 56.8 Å². The highest BCUT2D eigenvalue weighted by Crippen LogP contribution is 2.42. The number of aromatic nitrogens is 3. The van der Waals surface area contributed by atoms with E-state index in [-0.39, 0.29) is 29.7 Å². The first-order chi connectivity index (χ1) is 21.2. The van der Waals surface area contributed by atoms with Gasteiger partial charge in [0.15, 0.2) is 0 Å². The number of benzene rings is 1. The number of carbonyl (C=O) groups excluding carboxylic acids is 1. The van der Waals surface area contributed by atoms with Gasteiger partial charge < -0.3 is 24.8 Å². The van der Waals surface area contributed by atoms with Crippen molar-refractivity contribution in [2.24, 2.45) is 5.92 Å². The number of fused-ring (bicyclic) bond motifs is 3. The van der Waals surface area contributed by atoms with Gasteiger partial charge in [-0.3, -0.25) is 4.79 Å². The van der Waals surface area contributed by atoms with Gasteiger partial charge in [0.05, 0.1) is 30.5 Å². The van der Waals surface area contributed by atoms with Crippen molar-refractivity contribution in [1.29, 1.82) is 0 Å². The second kappa shape index (κ2) is 11.3. The van der Waals surface area contributed by atoms with Gasteiger partial charge in [-0.25, -0.2) is 18.4 Å². The summed E-state index contributed by atoms with van der Waals surface area (Å²) in [5, 5.41) is 5.38. The van der Waals surface area contributed by atoms with Crippen molar-refractivity contribution in [1.82, 2.24) is 19.9 Å². The van der Waals surface area contributed by atoms with Gasteiger partial charge in [0.2, 0.25) is 11.9 Å². The molecule has 0 aliphatic carbocycles. The van der Waals surface area contributed by atoms with Gasteiger partial charge in [-0.1, -0.05) is 12.6 Å². The lowest BCUT2D eigenvalue weighted by atomic mass is 9.89. The van der Waals surface area contributed by atoms with E-state index in [1.807, 2.05) is 23.2 Å². The number of sulfone groups is 1. The Morgan fingerprint density at radius 2 is 2.00 bits per heavy atom. The first kappa shape index (κ1) is 29.0. The van der Waals surface area contributed by atoms with E-state index in [1.165, 1.54) is 12.3 Å². The van der Waals surface area contributed by atoms with E-state index in [0.717, 1.165) is 54.3 Å². The molecule has 4 aliphatic rings. The Balaban J connectivity index is 1.23. The van der Waals surface area contributed by atoms with Crippen LogP contribution in [0.15, 0.2) is 49.3 Å². The molecule has 4 saturated heterocycles. The lowest BCUT2D eigenvalue weighted by molar-refractivity contribution is -0.126. The zero-order chi connectivity index (χ0) is 30.6. The number of piperidine rings is 1. The molecule has 1 amide bonds. The third-order valence-corrected chi connectivity index (χ3v) is 10.8. The SMILES string of the molecule is C=CC(=O)N1CCC[C@H]1c1ccc(N2C[C@H](CS(C)(=O)=O)[C@H]2C)c2cnc(Nc3ccnc(N4CC[C@@H]5C[C@H]4CO5)n3)cc12. The Bertz CT molecular complexity index is 1720. The lowest BCUT2D eigenvalue weighted by Gasteiger charge is -2.48. The predicted octanol–water partition coefficient (Wildman–Crippen LogP) is 3.85. The van der Waals surface area contributed by atoms with Crippen LogP contribution in [0.2, 0.25) is 0 Å². The molecule has 0 radical (unpaired) electrons. The number of likely N-dealkylation sites (tertiary alicyclic amines) is 1. The third-order valence-electron chi connectivity index (χ3n) is 9.76. The molecule has 1 N–H and O–H groups in total.